The molecule has 1 aliphatic rings. The average molecular weight is 304 g/mol. The largest absolute Gasteiger partial charge is 0.387 e. The maximum atomic E-state index is 12.0. The molecular weight excluding hydrogens is 280 g/mol. The Balaban J connectivity index is 1.82. The maximum Gasteiger partial charge on any atom is 0.290 e. The minimum Gasteiger partial charge on any atom is -0.387 e. The van der Waals surface area contributed by atoms with E-state index < -0.39 is 6.10 Å². The highest BCUT2D eigenvalue weighted by Crippen LogP contribution is 2.15. The molecule has 0 radical (unpaired) electrons. The number of hydrogen-bond donors (Lipinski definition) is 1. The maximum absolute atomic E-state index is 12.0. The molecule has 5 heteroatoms. The first-order valence-corrected chi connectivity index (χ1v) is 7.77. The third-order valence-corrected chi connectivity index (χ3v) is 4.01. The number of Topliss-reactive ketones (excluding diaryl/α,β-unsaturated/α-hetero) is 1. The van der Waals surface area contributed by atoms with Crippen molar-refractivity contribution in [3.05, 3.63) is 35.9 Å². The first-order chi connectivity index (χ1) is 10.5. The zero-order valence-electron chi connectivity index (χ0n) is 13.2. The Morgan fingerprint density at radius 2 is 1.68 bits per heavy atom. The third kappa shape index (κ3) is 4.15. The van der Waals surface area contributed by atoms with Gasteiger partial charge in [0, 0.05) is 38.6 Å². The number of β-amino-alcohol motifs (C(OH)–C–C–N with tert-alkyl or cyclic N) is 1. The molecule has 120 valence electrons. The Bertz CT molecular complexity index is 508. The minimum absolute atomic E-state index is 0.259. The van der Waals surface area contributed by atoms with E-state index in [1.165, 1.54) is 0 Å². The number of benzene rings is 1. The second kappa shape index (κ2) is 7.51. The molecule has 1 N–H and O–H groups in total. The summed E-state index contributed by atoms with van der Waals surface area (Å²) in [5, 5.41) is 10.2. The fourth-order valence-corrected chi connectivity index (χ4v) is 2.56. The van der Waals surface area contributed by atoms with Gasteiger partial charge in [-0.25, -0.2) is 0 Å². The second-order valence-electron chi connectivity index (χ2n) is 6.04. The normalized spacial score (nSPS) is 17.5. The van der Waals surface area contributed by atoms with Gasteiger partial charge in [-0.15, -0.1) is 0 Å². The Morgan fingerprint density at radius 3 is 2.23 bits per heavy atom. The molecule has 0 aliphatic carbocycles. The van der Waals surface area contributed by atoms with Crippen molar-refractivity contribution in [3.63, 3.8) is 0 Å². The van der Waals surface area contributed by atoms with Gasteiger partial charge >= 0.3 is 0 Å². The molecule has 0 spiro atoms. The second-order valence-corrected chi connectivity index (χ2v) is 6.04. The lowest BCUT2D eigenvalue weighted by Crippen LogP contribution is -2.51. The van der Waals surface area contributed by atoms with Crippen LogP contribution >= 0.6 is 0 Å². The SMILES string of the molecule is CC(C)C(=O)C(=O)N1CCN(C[C@@H](O)c2ccccc2)CC1. The van der Waals surface area contributed by atoms with E-state index in [0.717, 1.165) is 5.56 Å². The predicted octanol–water partition coefficient (Wildman–Crippen LogP) is 1.09. The molecule has 0 saturated carbocycles. The van der Waals surface area contributed by atoms with Gasteiger partial charge in [0.25, 0.3) is 5.91 Å². The summed E-state index contributed by atoms with van der Waals surface area (Å²) >= 11 is 0. The van der Waals surface area contributed by atoms with Gasteiger partial charge < -0.3 is 10.0 Å². The van der Waals surface area contributed by atoms with E-state index in [-0.39, 0.29) is 17.6 Å². The molecule has 5 nitrogen and oxygen atoms in total. The highest BCUT2D eigenvalue weighted by atomic mass is 16.3. The number of amides is 1. The molecule has 22 heavy (non-hydrogen) atoms. The van der Waals surface area contributed by atoms with Crippen molar-refractivity contribution >= 4 is 11.7 Å². The van der Waals surface area contributed by atoms with Crippen LogP contribution in [-0.2, 0) is 9.59 Å². The van der Waals surface area contributed by atoms with Gasteiger partial charge in [-0.1, -0.05) is 44.2 Å². The summed E-state index contributed by atoms with van der Waals surface area (Å²) in [5.41, 5.74) is 0.899. The molecule has 1 saturated heterocycles. The van der Waals surface area contributed by atoms with Crippen molar-refractivity contribution in [1.29, 1.82) is 0 Å². The van der Waals surface area contributed by atoms with Crippen molar-refractivity contribution in [1.82, 2.24) is 9.80 Å². The molecule has 2 rings (SSSR count). The third-order valence-electron chi connectivity index (χ3n) is 4.01. The van der Waals surface area contributed by atoms with Crippen molar-refractivity contribution in [2.24, 2.45) is 5.92 Å². The summed E-state index contributed by atoms with van der Waals surface area (Å²) in [6.07, 6.45) is -0.527. The Kier molecular flexibility index (Phi) is 5.69. The van der Waals surface area contributed by atoms with Gasteiger partial charge in [0.1, 0.15) is 0 Å². The lowest BCUT2D eigenvalue weighted by atomic mass is 10.1. The smallest absolute Gasteiger partial charge is 0.290 e. The zero-order valence-corrected chi connectivity index (χ0v) is 13.2. The molecule has 1 aliphatic heterocycles. The fourth-order valence-electron chi connectivity index (χ4n) is 2.56. The number of ketones is 1. The van der Waals surface area contributed by atoms with Gasteiger partial charge in [0.15, 0.2) is 0 Å². The lowest BCUT2D eigenvalue weighted by molar-refractivity contribution is -0.147. The van der Waals surface area contributed by atoms with E-state index in [1.807, 2.05) is 30.3 Å². The van der Waals surface area contributed by atoms with Crippen LogP contribution in [0.1, 0.15) is 25.5 Å². The lowest BCUT2D eigenvalue weighted by Gasteiger charge is -2.35. The summed E-state index contributed by atoms with van der Waals surface area (Å²) in [4.78, 5) is 27.5. The van der Waals surface area contributed by atoms with E-state index in [4.69, 9.17) is 0 Å². The fraction of sp³-hybridized carbons (Fsp3) is 0.529. The van der Waals surface area contributed by atoms with Crippen LogP contribution in [0.4, 0.5) is 0 Å². The summed E-state index contributed by atoms with van der Waals surface area (Å²) in [6, 6.07) is 9.56. The summed E-state index contributed by atoms with van der Waals surface area (Å²) in [7, 11) is 0. The number of piperazine rings is 1. The van der Waals surface area contributed by atoms with E-state index in [1.54, 1.807) is 18.7 Å². The monoisotopic (exact) mass is 304 g/mol. The molecule has 0 unspecified atom stereocenters. The van der Waals surface area contributed by atoms with Gasteiger partial charge in [-0.3, -0.25) is 14.5 Å². The molecule has 1 atom stereocenters. The molecule has 1 fully saturated rings. The van der Waals surface area contributed by atoms with E-state index in [9.17, 15) is 14.7 Å². The van der Waals surface area contributed by atoms with Crippen LogP contribution in [0, 0.1) is 5.92 Å². The van der Waals surface area contributed by atoms with Gasteiger partial charge in [0.05, 0.1) is 6.10 Å². The van der Waals surface area contributed by atoms with Crippen molar-refractivity contribution in [3.8, 4) is 0 Å². The zero-order chi connectivity index (χ0) is 16.1. The quantitative estimate of drug-likeness (QED) is 0.827. The Hall–Kier alpha value is -1.72. The van der Waals surface area contributed by atoms with E-state index in [2.05, 4.69) is 4.90 Å². The molecule has 1 amide bonds. The van der Waals surface area contributed by atoms with Crippen LogP contribution in [0.15, 0.2) is 30.3 Å². The minimum atomic E-state index is -0.527. The van der Waals surface area contributed by atoms with Crippen LogP contribution in [0.2, 0.25) is 0 Å². The highest BCUT2D eigenvalue weighted by Gasteiger charge is 2.28. The predicted molar refractivity (Wildman–Crippen MR) is 84.3 cm³/mol. The number of carbonyl (C=O) groups is 2. The van der Waals surface area contributed by atoms with Gasteiger partial charge in [-0.05, 0) is 5.56 Å². The topological polar surface area (TPSA) is 60.9 Å². The van der Waals surface area contributed by atoms with Gasteiger partial charge in [-0.2, -0.15) is 0 Å². The number of nitrogens with zero attached hydrogens (tertiary/aromatic N) is 2. The Labute approximate surface area is 131 Å². The van der Waals surface area contributed by atoms with E-state index in [0.29, 0.717) is 32.7 Å². The molecule has 0 bridgehead atoms. The molecule has 1 aromatic rings. The van der Waals surface area contributed by atoms with Crippen molar-refractivity contribution in [2.75, 3.05) is 32.7 Å². The summed E-state index contributed by atoms with van der Waals surface area (Å²) < 4.78 is 0. The standard InChI is InChI=1S/C17H24N2O3/c1-13(2)16(21)17(22)19-10-8-18(9-11-19)12-15(20)14-6-4-3-5-7-14/h3-7,13,15,20H,8-12H2,1-2H3/t15-/m1/s1. The average Bonchev–Trinajstić information content (AvgIpc) is 2.55. The van der Waals surface area contributed by atoms with Crippen LogP contribution in [0.5, 0.6) is 0 Å². The van der Waals surface area contributed by atoms with Crippen molar-refractivity contribution in [2.45, 2.75) is 20.0 Å². The van der Waals surface area contributed by atoms with Crippen LogP contribution in [0.3, 0.4) is 0 Å². The number of carbonyl (C=O) groups excluding carboxylic acids is 2. The first-order valence-electron chi connectivity index (χ1n) is 7.77. The number of aliphatic hydroxyl groups excluding tert-OH is 1. The van der Waals surface area contributed by atoms with Crippen LogP contribution in [-0.4, -0.2) is 59.3 Å². The summed E-state index contributed by atoms with van der Waals surface area (Å²) in [5.74, 6) is -0.957. The van der Waals surface area contributed by atoms with Gasteiger partial charge in [0.2, 0.25) is 5.78 Å². The highest BCUT2D eigenvalue weighted by molar-refractivity contribution is 6.36. The number of rotatable bonds is 5. The molecular formula is C17H24N2O3. The van der Waals surface area contributed by atoms with E-state index >= 15 is 0 Å². The van der Waals surface area contributed by atoms with Crippen LogP contribution in [0.25, 0.3) is 0 Å². The molecule has 0 aromatic heterocycles. The number of hydrogen-bond acceptors (Lipinski definition) is 4. The molecule has 1 heterocycles. The van der Waals surface area contributed by atoms with Crippen molar-refractivity contribution < 1.29 is 14.7 Å². The first kappa shape index (κ1) is 16.6. The molecule has 1 aromatic carbocycles. The van der Waals surface area contributed by atoms with Crippen LogP contribution < -0.4 is 0 Å². The number of aliphatic hydroxyl groups is 1. The summed E-state index contributed by atoms with van der Waals surface area (Å²) in [6.45, 7) is 6.48. The Morgan fingerprint density at radius 1 is 1.09 bits per heavy atom.